The van der Waals surface area contributed by atoms with Crippen LogP contribution in [0.25, 0.3) is 0 Å². The van der Waals surface area contributed by atoms with Gasteiger partial charge in [-0.3, -0.25) is 0 Å². The van der Waals surface area contributed by atoms with Crippen LogP contribution < -0.4 is 0 Å². The molecule has 0 aromatic rings. The molecule has 0 radical (unpaired) electrons. The Bertz CT molecular complexity index is 91.1. The summed E-state index contributed by atoms with van der Waals surface area (Å²) in [7, 11) is 2.92. The fraction of sp³-hybridized carbons (Fsp3) is 1.00. The maximum absolute atomic E-state index is 2.92. The Morgan fingerprint density at radius 1 is 1.50 bits per heavy atom. The van der Waals surface area contributed by atoms with Crippen molar-refractivity contribution in [1.82, 2.24) is 0 Å². The molecule has 0 aromatic carbocycles. The van der Waals surface area contributed by atoms with Gasteiger partial charge < -0.3 is 0 Å². The Balaban J connectivity index is 2.39. The van der Waals surface area contributed by atoms with Crippen LogP contribution in [0.4, 0.5) is 0 Å². The third-order valence-corrected chi connectivity index (χ3v) is 2.49. The molecule has 8 heavy (non-hydrogen) atoms. The maximum atomic E-state index is 2.92. The molecular weight excluding hydrogens is 115 g/mol. The first-order valence-electron chi connectivity index (χ1n) is 3.30. The highest BCUT2D eigenvalue weighted by atomic mass is 31.0. The summed E-state index contributed by atoms with van der Waals surface area (Å²) in [6.45, 7) is 6.92. The van der Waals surface area contributed by atoms with Crippen LogP contribution in [0, 0.1) is 11.8 Å². The molecule has 0 spiro atoms. The molecule has 1 aliphatic rings. The molecule has 0 amide bonds. The summed E-state index contributed by atoms with van der Waals surface area (Å²) in [5.74, 6) is 1.97. The SMILES string of the molecule is CC1CC1C(C)(C)P. The van der Waals surface area contributed by atoms with E-state index in [1.165, 1.54) is 6.42 Å². The van der Waals surface area contributed by atoms with Gasteiger partial charge in [-0.25, -0.2) is 0 Å². The number of rotatable bonds is 1. The van der Waals surface area contributed by atoms with Crippen LogP contribution in [0.2, 0.25) is 0 Å². The Hall–Kier alpha value is 0.430. The van der Waals surface area contributed by atoms with Gasteiger partial charge in [0.25, 0.3) is 0 Å². The lowest BCUT2D eigenvalue weighted by molar-refractivity contribution is 0.581. The van der Waals surface area contributed by atoms with E-state index in [9.17, 15) is 0 Å². The second-order valence-corrected chi connectivity index (χ2v) is 5.13. The minimum atomic E-state index is 0.499. The zero-order valence-electron chi connectivity index (χ0n) is 5.94. The van der Waals surface area contributed by atoms with Crippen LogP contribution in [0.3, 0.4) is 0 Å². The normalized spacial score (nSPS) is 37.5. The largest absolute Gasteiger partial charge is 0.131 e. The molecule has 1 heteroatoms. The van der Waals surface area contributed by atoms with Gasteiger partial charge in [0, 0.05) is 0 Å². The zero-order valence-corrected chi connectivity index (χ0v) is 7.09. The molecule has 0 aromatic heterocycles. The van der Waals surface area contributed by atoms with E-state index in [0.29, 0.717) is 5.16 Å². The average Bonchev–Trinajstić information content (AvgIpc) is 2.13. The minimum Gasteiger partial charge on any atom is -0.131 e. The fourth-order valence-electron chi connectivity index (χ4n) is 1.36. The Labute approximate surface area is 54.3 Å². The molecule has 0 saturated heterocycles. The van der Waals surface area contributed by atoms with E-state index in [1.807, 2.05) is 0 Å². The van der Waals surface area contributed by atoms with Crippen molar-refractivity contribution in [3.8, 4) is 0 Å². The lowest BCUT2D eigenvalue weighted by atomic mass is 10.1. The van der Waals surface area contributed by atoms with E-state index < -0.39 is 0 Å². The van der Waals surface area contributed by atoms with Crippen LogP contribution in [-0.2, 0) is 0 Å². The molecule has 0 aliphatic heterocycles. The Kier molecular flexibility index (Phi) is 1.39. The third kappa shape index (κ3) is 1.23. The van der Waals surface area contributed by atoms with E-state index in [2.05, 4.69) is 30.0 Å². The van der Waals surface area contributed by atoms with Gasteiger partial charge in [0.1, 0.15) is 0 Å². The molecule has 1 rings (SSSR count). The molecule has 0 heterocycles. The van der Waals surface area contributed by atoms with E-state index in [1.54, 1.807) is 0 Å². The third-order valence-electron chi connectivity index (χ3n) is 2.07. The molecule has 1 fully saturated rings. The number of hydrogen-bond donors (Lipinski definition) is 0. The van der Waals surface area contributed by atoms with Crippen LogP contribution >= 0.6 is 9.24 Å². The molecule has 1 saturated carbocycles. The van der Waals surface area contributed by atoms with E-state index in [-0.39, 0.29) is 0 Å². The van der Waals surface area contributed by atoms with Gasteiger partial charge in [-0.05, 0) is 23.4 Å². The zero-order chi connectivity index (χ0) is 6.36. The average molecular weight is 130 g/mol. The van der Waals surface area contributed by atoms with Crippen molar-refractivity contribution in [3.05, 3.63) is 0 Å². The predicted molar refractivity (Wildman–Crippen MR) is 41.1 cm³/mol. The first kappa shape index (κ1) is 6.55. The van der Waals surface area contributed by atoms with Crippen molar-refractivity contribution in [1.29, 1.82) is 0 Å². The topological polar surface area (TPSA) is 0 Å². The molecule has 3 unspecified atom stereocenters. The summed E-state index contributed by atoms with van der Waals surface area (Å²) in [5, 5.41) is 0.499. The predicted octanol–water partition coefficient (Wildman–Crippen LogP) is 2.30. The standard InChI is InChI=1S/C7H15P/c1-5-4-6(5)7(2,3)8/h5-6H,4,8H2,1-3H3. The van der Waals surface area contributed by atoms with E-state index >= 15 is 0 Å². The van der Waals surface area contributed by atoms with Crippen LogP contribution in [0.5, 0.6) is 0 Å². The highest BCUT2D eigenvalue weighted by molar-refractivity contribution is 7.18. The highest BCUT2D eigenvalue weighted by Crippen LogP contribution is 2.49. The quantitative estimate of drug-likeness (QED) is 0.478. The van der Waals surface area contributed by atoms with Gasteiger partial charge in [0.05, 0.1) is 0 Å². The van der Waals surface area contributed by atoms with Gasteiger partial charge >= 0.3 is 0 Å². The molecule has 0 N–H and O–H groups in total. The monoisotopic (exact) mass is 130 g/mol. The Morgan fingerprint density at radius 2 is 1.88 bits per heavy atom. The summed E-state index contributed by atoms with van der Waals surface area (Å²) in [4.78, 5) is 0. The Morgan fingerprint density at radius 3 is 1.88 bits per heavy atom. The lowest BCUT2D eigenvalue weighted by Gasteiger charge is -2.16. The second-order valence-electron chi connectivity index (χ2n) is 3.64. The first-order chi connectivity index (χ1) is 3.52. The van der Waals surface area contributed by atoms with Crippen molar-refractivity contribution in [2.45, 2.75) is 32.3 Å². The first-order valence-corrected chi connectivity index (χ1v) is 3.88. The summed E-state index contributed by atoms with van der Waals surface area (Å²) in [5.41, 5.74) is 0. The summed E-state index contributed by atoms with van der Waals surface area (Å²) in [6.07, 6.45) is 1.44. The van der Waals surface area contributed by atoms with Crippen molar-refractivity contribution >= 4 is 9.24 Å². The van der Waals surface area contributed by atoms with Crippen molar-refractivity contribution in [3.63, 3.8) is 0 Å². The molecule has 0 bridgehead atoms. The van der Waals surface area contributed by atoms with Crippen LogP contribution in [-0.4, -0.2) is 5.16 Å². The van der Waals surface area contributed by atoms with Gasteiger partial charge in [0.15, 0.2) is 0 Å². The fourth-order valence-corrected chi connectivity index (χ4v) is 1.82. The van der Waals surface area contributed by atoms with E-state index in [0.717, 1.165) is 11.8 Å². The molecule has 3 atom stereocenters. The summed E-state index contributed by atoms with van der Waals surface area (Å²) < 4.78 is 0. The van der Waals surface area contributed by atoms with Gasteiger partial charge in [-0.1, -0.05) is 20.8 Å². The van der Waals surface area contributed by atoms with Crippen molar-refractivity contribution < 1.29 is 0 Å². The minimum absolute atomic E-state index is 0.499. The smallest absolute Gasteiger partial charge is 0.0176 e. The highest BCUT2D eigenvalue weighted by Gasteiger charge is 2.41. The number of hydrogen-bond acceptors (Lipinski definition) is 0. The molecular formula is C7H15P. The molecule has 1 aliphatic carbocycles. The van der Waals surface area contributed by atoms with Crippen LogP contribution in [0.15, 0.2) is 0 Å². The summed E-state index contributed by atoms with van der Waals surface area (Å²) in [6, 6.07) is 0. The second kappa shape index (κ2) is 1.70. The van der Waals surface area contributed by atoms with Gasteiger partial charge in [-0.2, -0.15) is 0 Å². The molecule has 48 valence electrons. The van der Waals surface area contributed by atoms with Gasteiger partial charge in [-0.15, -0.1) is 9.24 Å². The van der Waals surface area contributed by atoms with Gasteiger partial charge in [0.2, 0.25) is 0 Å². The summed E-state index contributed by atoms with van der Waals surface area (Å²) >= 11 is 0. The lowest BCUT2D eigenvalue weighted by Crippen LogP contribution is -2.12. The molecule has 0 nitrogen and oxygen atoms in total. The van der Waals surface area contributed by atoms with Crippen molar-refractivity contribution in [2.24, 2.45) is 11.8 Å². The van der Waals surface area contributed by atoms with Crippen LogP contribution in [0.1, 0.15) is 27.2 Å². The maximum Gasteiger partial charge on any atom is -0.0176 e. The van der Waals surface area contributed by atoms with Crippen molar-refractivity contribution in [2.75, 3.05) is 0 Å². The van der Waals surface area contributed by atoms with E-state index in [4.69, 9.17) is 0 Å².